The van der Waals surface area contributed by atoms with Crippen molar-refractivity contribution < 1.29 is 24.9 Å². The summed E-state index contributed by atoms with van der Waals surface area (Å²) in [4.78, 5) is 31.3. The van der Waals surface area contributed by atoms with E-state index in [1.807, 2.05) is 11.8 Å². The fraction of sp³-hybridized carbons (Fsp3) is 0.688. The number of likely N-dealkylation sites (tertiary alicyclic amines) is 1. The van der Waals surface area contributed by atoms with Crippen molar-refractivity contribution >= 4 is 17.8 Å². The maximum atomic E-state index is 12.3. The van der Waals surface area contributed by atoms with Crippen LogP contribution in [0.2, 0.25) is 0 Å². The van der Waals surface area contributed by atoms with Crippen LogP contribution in [0.1, 0.15) is 13.8 Å². The van der Waals surface area contributed by atoms with Crippen LogP contribution in [-0.2, 0) is 9.59 Å². The molecule has 0 spiro atoms. The molecule has 10 nitrogen and oxygen atoms in total. The van der Waals surface area contributed by atoms with Gasteiger partial charge in [-0.05, 0) is 12.5 Å². The van der Waals surface area contributed by atoms with Crippen molar-refractivity contribution in [2.45, 2.75) is 38.1 Å². The largest absolute Gasteiger partial charge is 0.477 e. The van der Waals surface area contributed by atoms with Gasteiger partial charge in [-0.25, -0.2) is 9.79 Å². The summed E-state index contributed by atoms with van der Waals surface area (Å²) >= 11 is 0. The number of fused-ring (bicyclic) bond motifs is 1. The van der Waals surface area contributed by atoms with Gasteiger partial charge in [-0.1, -0.05) is 6.92 Å². The number of amides is 1. The van der Waals surface area contributed by atoms with E-state index in [1.54, 1.807) is 6.92 Å². The number of aliphatic hydroxyl groups is 2. The molecular formula is C16H25N5O5. The molecule has 0 aliphatic carbocycles. The van der Waals surface area contributed by atoms with Crippen molar-refractivity contribution in [3.63, 3.8) is 0 Å². The fourth-order valence-corrected chi connectivity index (χ4v) is 4.39. The number of β-lactam (4-membered cyclic amide) rings is 1. The molecule has 0 aromatic heterocycles. The molecule has 3 aliphatic heterocycles. The summed E-state index contributed by atoms with van der Waals surface area (Å²) in [6.45, 7) is 4.40. The van der Waals surface area contributed by atoms with E-state index in [0.29, 0.717) is 25.2 Å². The summed E-state index contributed by atoms with van der Waals surface area (Å²) in [6.07, 6.45) is -1.58. The molecule has 0 unspecified atom stereocenters. The second-order valence-electron chi connectivity index (χ2n) is 7.32. The molecule has 0 bridgehead atoms. The maximum absolute atomic E-state index is 12.3. The molecule has 2 fully saturated rings. The molecule has 0 radical (unpaired) electrons. The zero-order valence-corrected chi connectivity index (χ0v) is 14.7. The normalized spacial score (nSPS) is 35.3. The molecule has 1 amide bonds. The van der Waals surface area contributed by atoms with Crippen molar-refractivity contribution in [2.24, 2.45) is 28.3 Å². The highest BCUT2D eigenvalue weighted by atomic mass is 16.4. The minimum atomic E-state index is -1.16. The van der Waals surface area contributed by atoms with Gasteiger partial charge in [0.25, 0.3) is 0 Å². The predicted molar refractivity (Wildman–Crippen MR) is 91.7 cm³/mol. The fourth-order valence-electron chi connectivity index (χ4n) is 4.39. The second kappa shape index (κ2) is 6.53. The first kappa shape index (κ1) is 18.6. The number of carboxylic acids is 1. The van der Waals surface area contributed by atoms with Crippen molar-refractivity contribution in [3.8, 4) is 0 Å². The molecule has 10 heteroatoms. The number of nitrogens with two attached hydrogens (primary N) is 2. The number of hydrogen-bond acceptors (Lipinski definition) is 6. The Morgan fingerprint density at radius 2 is 2.04 bits per heavy atom. The first-order chi connectivity index (χ1) is 12.1. The third-order valence-corrected chi connectivity index (χ3v) is 5.56. The molecule has 144 valence electrons. The number of carboxylic acid groups (broad SMARTS) is 1. The highest BCUT2D eigenvalue weighted by Crippen LogP contribution is 2.47. The number of β-amino-alcohol motifs (C(OH)–C–C–N with tert-alkyl or cyclic N) is 1. The minimum absolute atomic E-state index is 0.0100. The summed E-state index contributed by atoms with van der Waals surface area (Å²) in [7, 11) is 0. The Kier molecular flexibility index (Phi) is 4.67. The van der Waals surface area contributed by atoms with Crippen molar-refractivity contribution in [1.82, 2.24) is 9.80 Å². The van der Waals surface area contributed by atoms with E-state index in [0.717, 1.165) is 0 Å². The molecule has 6 atom stereocenters. The molecule has 0 saturated carbocycles. The number of aliphatic imine (C=N–C) groups is 1. The van der Waals surface area contributed by atoms with Gasteiger partial charge >= 0.3 is 5.97 Å². The van der Waals surface area contributed by atoms with E-state index >= 15 is 0 Å². The van der Waals surface area contributed by atoms with Crippen LogP contribution < -0.4 is 11.5 Å². The Labute approximate surface area is 150 Å². The number of aliphatic carboxylic acids is 1. The van der Waals surface area contributed by atoms with Gasteiger partial charge in [-0.2, -0.15) is 0 Å². The molecule has 3 rings (SSSR count). The number of carbonyl (C=O) groups is 2. The summed E-state index contributed by atoms with van der Waals surface area (Å²) in [6, 6.07) is -0.806. The van der Waals surface area contributed by atoms with Crippen molar-refractivity contribution in [1.29, 1.82) is 0 Å². The Hall–Kier alpha value is -2.17. The monoisotopic (exact) mass is 367 g/mol. The average Bonchev–Trinajstić information content (AvgIpc) is 2.96. The Morgan fingerprint density at radius 3 is 2.58 bits per heavy atom. The van der Waals surface area contributed by atoms with Crippen molar-refractivity contribution in [2.75, 3.05) is 19.6 Å². The lowest BCUT2D eigenvalue weighted by Gasteiger charge is -2.46. The highest BCUT2D eigenvalue weighted by molar-refractivity contribution is 6.00. The van der Waals surface area contributed by atoms with E-state index in [2.05, 4.69) is 4.99 Å². The zero-order valence-electron chi connectivity index (χ0n) is 14.7. The predicted octanol–water partition coefficient (Wildman–Crippen LogP) is -2.50. The first-order valence-corrected chi connectivity index (χ1v) is 8.60. The van der Waals surface area contributed by atoms with E-state index in [9.17, 15) is 24.9 Å². The van der Waals surface area contributed by atoms with Gasteiger partial charge in [-0.15, -0.1) is 0 Å². The Balaban J connectivity index is 1.82. The highest BCUT2D eigenvalue weighted by Gasteiger charge is 2.59. The number of aliphatic hydroxyl groups excluding tert-OH is 2. The van der Waals surface area contributed by atoms with Crippen LogP contribution in [0, 0.1) is 11.8 Å². The molecule has 0 aromatic carbocycles. The van der Waals surface area contributed by atoms with Crippen LogP contribution in [0.15, 0.2) is 16.3 Å². The standard InChI is InChI=1S/C16H25N5O5/c1-6-8(3-20-4-9(10(23)5-20)19-16(17)18)13(15(25)26)21-12(6)11(7(2)22)14(21)24/h6-7,9-12,22-23H,3-5H2,1-2H3,(H,25,26)(H4,17,18,19)/t6-,7+,9+,10+,11+,12+/m0/s1. The smallest absolute Gasteiger partial charge is 0.352 e. The zero-order chi connectivity index (χ0) is 19.3. The number of rotatable bonds is 5. The van der Waals surface area contributed by atoms with Gasteiger partial charge in [0.05, 0.1) is 30.2 Å². The maximum Gasteiger partial charge on any atom is 0.352 e. The third-order valence-electron chi connectivity index (χ3n) is 5.56. The van der Waals surface area contributed by atoms with Gasteiger partial charge in [-0.3, -0.25) is 9.69 Å². The lowest BCUT2D eigenvalue weighted by molar-refractivity contribution is -0.163. The SMILES string of the molecule is C[C@@H](O)[C@H]1C(=O)N2C(C(=O)O)=C(CN3C[C@@H](O)[C@H](N=C(N)N)C3)[C@H](C)[C@H]12. The summed E-state index contributed by atoms with van der Waals surface area (Å²) in [5.41, 5.74) is 11.4. The van der Waals surface area contributed by atoms with E-state index in [-0.39, 0.29) is 29.5 Å². The Morgan fingerprint density at radius 1 is 1.38 bits per heavy atom. The second-order valence-corrected chi connectivity index (χ2v) is 7.32. The molecule has 3 aliphatic rings. The van der Waals surface area contributed by atoms with Crippen LogP contribution in [0.5, 0.6) is 0 Å². The van der Waals surface area contributed by atoms with E-state index in [1.165, 1.54) is 4.90 Å². The number of hydrogen-bond donors (Lipinski definition) is 5. The number of nitrogens with zero attached hydrogens (tertiary/aromatic N) is 3. The van der Waals surface area contributed by atoms with Crippen LogP contribution in [0.3, 0.4) is 0 Å². The van der Waals surface area contributed by atoms with Crippen LogP contribution in [-0.4, -0.2) is 86.9 Å². The molecule has 26 heavy (non-hydrogen) atoms. The summed E-state index contributed by atoms with van der Waals surface area (Å²) in [5.74, 6) is -2.41. The number of guanidine groups is 1. The van der Waals surface area contributed by atoms with Crippen LogP contribution in [0.25, 0.3) is 0 Å². The number of carbonyl (C=O) groups excluding carboxylic acids is 1. The Bertz CT molecular complexity index is 687. The molecule has 3 heterocycles. The van der Waals surface area contributed by atoms with E-state index in [4.69, 9.17) is 11.5 Å². The molecular weight excluding hydrogens is 342 g/mol. The van der Waals surface area contributed by atoms with Gasteiger partial charge in [0.1, 0.15) is 5.70 Å². The quantitative estimate of drug-likeness (QED) is 0.202. The summed E-state index contributed by atoms with van der Waals surface area (Å²) in [5, 5.41) is 29.6. The minimum Gasteiger partial charge on any atom is -0.477 e. The average molecular weight is 367 g/mol. The lowest BCUT2D eigenvalue weighted by atomic mass is 9.77. The molecule has 7 N–H and O–H groups in total. The summed E-state index contributed by atoms with van der Waals surface area (Å²) < 4.78 is 0. The van der Waals surface area contributed by atoms with Gasteiger partial charge in [0.15, 0.2) is 5.96 Å². The van der Waals surface area contributed by atoms with Gasteiger partial charge in [0.2, 0.25) is 5.91 Å². The molecule has 2 saturated heterocycles. The van der Waals surface area contributed by atoms with Gasteiger partial charge in [0, 0.05) is 25.6 Å². The van der Waals surface area contributed by atoms with Gasteiger partial charge < -0.3 is 31.7 Å². The first-order valence-electron chi connectivity index (χ1n) is 8.60. The third kappa shape index (κ3) is 2.83. The van der Waals surface area contributed by atoms with E-state index < -0.39 is 30.1 Å². The molecule has 0 aromatic rings. The topological polar surface area (TPSA) is 166 Å². The lowest BCUT2D eigenvalue weighted by Crippen LogP contribution is -2.63. The van der Waals surface area contributed by atoms with Crippen molar-refractivity contribution in [3.05, 3.63) is 11.3 Å². The van der Waals surface area contributed by atoms with Crippen LogP contribution >= 0.6 is 0 Å². The van der Waals surface area contributed by atoms with Crippen LogP contribution in [0.4, 0.5) is 0 Å².